The molecule has 1 aliphatic rings. The highest BCUT2D eigenvalue weighted by Crippen LogP contribution is 2.24. The molecule has 0 atom stereocenters. The van der Waals surface area contributed by atoms with E-state index in [0.29, 0.717) is 37.4 Å². The molecule has 6 nitrogen and oxygen atoms in total. The SMILES string of the molecule is CCc1ccc2occ(C(=O)N3CCN(CCOC)C(=O)C3)c2c1. The topological polar surface area (TPSA) is 63.0 Å². The van der Waals surface area contributed by atoms with Crippen LogP contribution in [0.15, 0.2) is 28.9 Å². The summed E-state index contributed by atoms with van der Waals surface area (Å²) in [7, 11) is 1.61. The normalized spacial score (nSPS) is 15.3. The second-order valence-corrected chi connectivity index (χ2v) is 5.93. The van der Waals surface area contributed by atoms with Crippen molar-refractivity contribution in [1.29, 1.82) is 0 Å². The number of methoxy groups -OCH3 is 1. The number of carbonyl (C=O) groups is 2. The molecule has 1 aromatic carbocycles. The Balaban J connectivity index is 1.77. The fraction of sp³-hybridized carbons (Fsp3) is 0.444. The van der Waals surface area contributed by atoms with Gasteiger partial charge in [-0.3, -0.25) is 9.59 Å². The first-order valence-corrected chi connectivity index (χ1v) is 8.20. The summed E-state index contributed by atoms with van der Waals surface area (Å²) in [5.41, 5.74) is 2.37. The van der Waals surface area contributed by atoms with E-state index in [1.807, 2.05) is 18.2 Å². The number of carbonyl (C=O) groups excluding carboxylic acids is 2. The average Bonchev–Trinajstić information content (AvgIpc) is 3.03. The van der Waals surface area contributed by atoms with Crippen molar-refractivity contribution in [2.75, 3.05) is 39.9 Å². The molecule has 1 fully saturated rings. The Morgan fingerprint density at radius 1 is 1.33 bits per heavy atom. The van der Waals surface area contributed by atoms with E-state index in [-0.39, 0.29) is 18.4 Å². The van der Waals surface area contributed by atoms with Crippen molar-refractivity contribution in [3.8, 4) is 0 Å². The van der Waals surface area contributed by atoms with Crippen LogP contribution in [0.3, 0.4) is 0 Å². The summed E-state index contributed by atoms with van der Waals surface area (Å²) in [6.45, 7) is 4.29. The molecule has 1 saturated heterocycles. The maximum absolute atomic E-state index is 12.8. The summed E-state index contributed by atoms with van der Waals surface area (Å²) in [5, 5.41) is 0.814. The van der Waals surface area contributed by atoms with Gasteiger partial charge >= 0.3 is 0 Å². The molecule has 2 amide bonds. The standard InChI is InChI=1S/C18H22N2O4/c1-3-13-4-5-16-14(10-13)15(12-24-16)18(22)20-7-6-19(8-9-23-2)17(21)11-20/h4-5,10,12H,3,6-9,11H2,1-2H3. The van der Waals surface area contributed by atoms with Gasteiger partial charge in [0, 0.05) is 32.1 Å². The highest BCUT2D eigenvalue weighted by molar-refractivity contribution is 6.07. The average molecular weight is 330 g/mol. The summed E-state index contributed by atoms with van der Waals surface area (Å²) in [4.78, 5) is 28.3. The van der Waals surface area contributed by atoms with Crippen LogP contribution in [-0.4, -0.2) is 61.5 Å². The lowest BCUT2D eigenvalue weighted by Crippen LogP contribution is -2.52. The third kappa shape index (κ3) is 3.14. The molecule has 3 rings (SSSR count). The number of benzene rings is 1. The van der Waals surface area contributed by atoms with Crippen LogP contribution < -0.4 is 0 Å². The summed E-state index contributed by atoms with van der Waals surface area (Å²) in [5.74, 6) is -0.199. The maximum atomic E-state index is 12.8. The van der Waals surface area contributed by atoms with Gasteiger partial charge in [0.15, 0.2) is 0 Å². The quantitative estimate of drug-likeness (QED) is 0.840. The maximum Gasteiger partial charge on any atom is 0.258 e. The van der Waals surface area contributed by atoms with Crippen LogP contribution in [0.5, 0.6) is 0 Å². The predicted octanol–water partition coefficient (Wildman–Crippen LogP) is 1.93. The van der Waals surface area contributed by atoms with Crippen LogP contribution >= 0.6 is 0 Å². The molecule has 1 aliphatic heterocycles. The van der Waals surface area contributed by atoms with E-state index in [4.69, 9.17) is 9.15 Å². The van der Waals surface area contributed by atoms with Gasteiger partial charge < -0.3 is 19.0 Å². The third-order valence-corrected chi connectivity index (χ3v) is 4.45. The van der Waals surface area contributed by atoms with Gasteiger partial charge in [-0.15, -0.1) is 0 Å². The lowest BCUT2D eigenvalue weighted by molar-refractivity contribution is -0.135. The van der Waals surface area contributed by atoms with Crippen LogP contribution in [0.2, 0.25) is 0 Å². The summed E-state index contributed by atoms with van der Waals surface area (Å²) in [6.07, 6.45) is 2.39. The molecular weight excluding hydrogens is 308 g/mol. The van der Waals surface area contributed by atoms with E-state index < -0.39 is 0 Å². The Labute approximate surface area is 141 Å². The largest absolute Gasteiger partial charge is 0.463 e. The van der Waals surface area contributed by atoms with Crippen molar-refractivity contribution in [1.82, 2.24) is 9.80 Å². The zero-order valence-corrected chi connectivity index (χ0v) is 14.1. The minimum Gasteiger partial charge on any atom is -0.463 e. The number of aryl methyl sites for hydroxylation is 1. The van der Waals surface area contributed by atoms with Crippen molar-refractivity contribution < 1.29 is 18.7 Å². The fourth-order valence-electron chi connectivity index (χ4n) is 2.95. The Morgan fingerprint density at radius 3 is 2.88 bits per heavy atom. The predicted molar refractivity (Wildman–Crippen MR) is 90.0 cm³/mol. The highest BCUT2D eigenvalue weighted by Gasteiger charge is 2.29. The molecule has 0 spiro atoms. The molecule has 0 N–H and O–H groups in total. The third-order valence-electron chi connectivity index (χ3n) is 4.45. The molecule has 2 heterocycles. The highest BCUT2D eigenvalue weighted by atomic mass is 16.5. The Morgan fingerprint density at radius 2 is 2.17 bits per heavy atom. The summed E-state index contributed by atoms with van der Waals surface area (Å²) >= 11 is 0. The zero-order valence-electron chi connectivity index (χ0n) is 14.1. The Kier molecular flexibility index (Phi) is 4.85. The molecule has 0 radical (unpaired) electrons. The van der Waals surface area contributed by atoms with E-state index in [0.717, 1.165) is 17.4 Å². The number of nitrogens with zero attached hydrogens (tertiary/aromatic N) is 2. The number of fused-ring (bicyclic) bond motifs is 1. The van der Waals surface area contributed by atoms with Crippen molar-refractivity contribution in [3.05, 3.63) is 35.6 Å². The fourth-order valence-corrected chi connectivity index (χ4v) is 2.95. The van der Waals surface area contributed by atoms with Gasteiger partial charge in [0.25, 0.3) is 5.91 Å². The molecule has 0 aliphatic carbocycles. The van der Waals surface area contributed by atoms with E-state index in [9.17, 15) is 9.59 Å². The lowest BCUT2D eigenvalue weighted by Gasteiger charge is -2.34. The van der Waals surface area contributed by atoms with E-state index in [1.54, 1.807) is 16.9 Å². The van der Waals surface area contributed by atoms with Gasteiger partial charge in [0.05, 0.1) is 12.2 Å². The second kappa shape index (κ2) is 7.05. The minimum absolute atomic E-state index is 0.0475. The van der Waals surface area contributed by atoms with Gasteiger partial charge in [-0.2, -0.15) is 0 Å². The van der Waals surface area contributed by atoms with Gasteiger partial charge in [0.2, 0.25) is 5.91 Å². The number of hydrogen-bond donors (Lipinski definition) is 0. The molecule has 0 saturated carbocycles. The second-order valence-electron chi connectivity index (χ2n) is 5.93. The Hall–Kier alpha value is -2.34. The van der Waals surface area contributed by atoms with Gasteiger partial charge in [0.1, 0.15) is 18.4 Å². The van der Waals surface area contributed by atoms with Crippen molar-refractivity contribution in [2.24, 2.45) is 0 Å². The number of rotatable bonds is 5. The molecule has 128 valence electrons. The first-order chi connectivity index (χ1) is 11.6. The van der Waals surface area contributed by atoms with Crippen molar-refractivity contribution in [3.63, 3.8) is 0 Å². The first-order valence-electron chi connectivity index (χ1n) is 8.20. The molecular formula is C18H22N2O4. The smallest absolute Gasteiger partial charge is 0.258 e. The van der Waals surface area contributed by atoms with Crippen molar-refractivity contribution in [2.45, 2.75) is 13.3 Å². The monoisotopic (exact) mass is 330 g/mol. The van der Waals surface area contributed by atoms with E-state index in [2.05, 4.69) is 6.92 Å². The minimum atomic E-state index is -0.151. The number of furan rings is 1. The van der Waals surface area contributed by atoms with Gasteiger partial charge in [-0.05, 0) is 24.1 Å². The van der Waals surface area contributed by atoms with Gasteiger partial charge in [-0.25, -0.2) is 0 Å². The van der Waals surface area contributed by atoms with Crippen molar-refractivity contribution >= 4 is 22.8 Å². The van der Waals surface area contributed by atoms with Gasteiger partial charge in [-0.1, -0.05) is 13.0 Å². The number of amides is 2. The molecule has 2 aromatic rings. The molecule has 24 heavy (non-hydrogen) atoms. The number of piperazine rings is 1. The Bertz CT molecular complexity index is 753. The van der Waals surface area contributed by atoms with E-state index >= 15 is 0 Å². The van der Waals surface area contributed by atoms with Crippen LogP contribution in [0.1, 0.15) is 22.8 Å². The van der Waals surface area contributed by atoms with Crippen LogP contribution in [0.25, 0.3) is 11.0 Å². The first kappa shape index (κ1) is 16.5. The molecule has 1 aromatic heterocycles. The number of ether oxygens (including phenoxy) is 1. The van der Waals surface area contributed by atoms with Crippen LogP contribution in [0.4, 0.5) is 0 Å². The molecule has 6 heteroatoms. The number of hydrogen-bond acceptors (Lipinski definition) is 4. The van der Waals surface area contributed by atoms with Crippen LogP contribution in [-0.2, 0) is 16.0 Å². The zero-order chi connectivity index (χ0) is 17.1. The molecule has 0 unspecified atom stereocenters. The lowest BCUT2D eigenvalue weighted by atomic mass is 10.1. The summed E-state index contributed by atoms with van der Waals surface area (Å²) in [6, 6.07) is 5.87. The van der Waals surface area contributed by atoms with Crippen LogP contribution in [0, 0.1) is 0 Å². The molecule has 0 bridgehead atoms. The van der Waals surface area contributed by atoms with E-state index in [1.165, 1.54) is 6.26 Å². The summed E-state index contributed by atoms with van der Waals surface area (Å²) < 4.78 is 10.5.